The molecule has 0 aliphatic rings. The molecule has 78 valence electrons. The zero-order valence-electron chi connectivity index (χ0n) is 8.52. The first-order chi connectivity index (χ1) is 7.11. The van der Waals surface area contributed by atoms with Crippen molar-refractivity contribution in [3.05, 3.63) is 30.1 Å². The van der Waals surface area contributed by atoms with Gasteiger partial charge in [0.25, 0.3) is 5.91 Å². The predicted octanol–water partition coefficient (Wildman–Crippen LogP) is 0.776. The van der Waals surface area contributed by atoms with E-state index in [0.717, 1.165) is 0 Å². The molecule has 0 aliphatic heterocycles. The summed E-state index contributed by atoms with van der Waals surface area (Å²) in [6.45, 7) is 2.92. The Balaban J connectivity index is 2.66. The van der Waals surface area contributed by atoms with Crippen molar-refractivity contribution in [3.63, 3.8) is 0 Å². The molecule has 0 fully saturated rings. The molecular weight excluding hydrogens is 194 g/mol. The van der Waals surface area contributed by atoms with Gasteiger partial charge in [-0.25, -0.2) is 5.43 Å². The number of hydrogen-bond donors (Lipinski definition) is 1. The summed E-state index contributed by atoms with van der Waals surface area (Å²) in [5.41, 5.74) is 2.99. The van der Waals surface area contributed by atoms with Crippen LogP contribution in [0.25, 0.3) is 0 Å². The molecule has 0 aromatic carbocycles. The van der Waals surface area contributed by atoms with Crippen molar-refractivity contribution in [2.45, 2.75) is 13.8 Å². The van der Waals surface area contributed by atoms with Crippen LogP contribution >= 0.6 is 0 Å². The highest BCUT2D eigenvalue weighted by Crippen LogP contribution is 1.95. The van der Waals surface area contributed by atoms with Crippen LogP contribution in [-0.4, -0.2) is 22.4 Å². The van der Waals surface area contributed by atoms with E-state index in [0.29, 0.717) is 5.56 Å². The van der Waals surface area contributed by atoms with Gasteiger partial charge in [0.2, 0.25) is 0 Å². The standard InChI is InChI=1S/C10H11N3O2/c1-7(8(2)14)12-13-10(15)9-3-5-11-6-4-9/h3-6H,1-2H3,(H,13,15). The summed E-state index contributed by atoms with van der Waals surface area (Å²) < 4.78 is 0. The Kier molecular flexibility index (Phi) is 3.68. The van der Waals surface area contributed by atoms with E-state index >= 15 is 0 Å². The van der Waals surface area contributed by atoms with Gasteiger partial charge in [0.05, 0.1) is 0 Å². The van der Waals surface area contributed by atoms with E-state index in [1.807, 2.05) is 0 Å². The van der Waals surface area contributed by atoms with Crippen LogP contribution < -0.4 is 5.43 Å². The maximum absolute atomic E-state index is 11.4. The summed E-state index contributed by atoms with van der Waals surface area (Å²) in [6, 6.07) is 3.13. The summed E-state index contributed by atoms with van der Waals surface area (Å²) in [7, 11) is 0. The zero-order valence-corrected chi connectivity index (χ0v) is 8.52. The van der Waals surface area contributed by atoms with Gasteiger partial charge in [-0.05, 0) is 19.1 Å². The van der Waals surface area contributed by atoms with Crippen molar-refractivity contribution in [3.8, 4) is 0 Å². The van der Waals surface area contributed by atoms with Crippen LogP contribution in [0.1, 0.15) is 24.2 Å². The quantitative estimate of drug-likeness (QED) is 0.585. The average molecular weight is 205 g/mol. The molecular formula is C10H11N3O2. The van der Waals surface area contributed by atoms with Crippen molar-refractivity contribution in [1.82, 2.24) is 10.4 Å². The van der Waals surface area contributed by atoms with Crippen LogP contribution in [0.4, 0.5) is 0 Å². The molecule has 1 amide bonds. The Labute approximate surface area is 87.2 Å². The van der Waals surface area contributed by atoms with Crippen molar-refractivity contribution < 1.29 is 9.59 Å². The Bertz CT molecular complexity index is 398. The highest BCUT2D eigenvalue weighted by molar-refractivity contribution is 6.38. The molecule has 0 saturated heterocycles. The number of hydrogen-bond acceptors (Lipinski definition) is 4. The highest BCUT2D eigenvalue weighted by atomic mass is 16.2. The maximum Gasteiger partial charge on any atom is 0.271 e. The molecule has 0 aliphatic carbocycles. The summed E-state index contributed by atoms with van der Waals surface area (Å²) in [5.74, 6) is -0.539. The van der Waals surface area contributed by atoms with E-state index in [2.05, 4.69) is 15.5 Å². The molecule has 0 bridgehead atoms. The van der Waals surface area contributed by atoms with Gasteiger partial charge in [0, 0.05) is 24.9 Å². The smallest absolute Gasteiger partial charge is 0.271 e. The number of hydrazone groups is 1. The number of nitrogens with one attached hydrogen (secondary N) is 1. The fraction of sp³-hybridized carbons (Fsp3) is 0.200. The number of nitrogens with zero attached hydrogens (tertiary/aromatic N) is 2. The molecule has 1 heterocycles. The number of aromatic nitrogens is 1. The second-order valence-electron chi connectivity index (χ2n) is 2.93. The number of carbonyl (C=O) groups excluding carboxylic acids is 2. The lowest BCUT2D eigenvalue weighted by atomic mass is 10.2. The first kappa shape index (κ1) is 11.0. The zero-order chi connectivity index (χ0) is 11.3. The molecule has 5 nitrogen and oxygen atoms in total. The van der Waals surface area contributed by atoms with Crippen LogP contribution in [0.5, 0.6) is 0 Å². The molecule has 1 aromatic rings. The normalized spacial score (nSPS) is 10.9. The fourth-order valence-electron chi connectivity index (χ4n) is 0.781. The van der Waals surface area contributed by atoms with Crippen LogP contribution in [-0.2, 0) is 4.79 Å². The second-order valence-corrected chi connectivity index (χ2v) is 2.93. The Morgan fingerprint density at radius 2 is 1.87 bits per heavy atom. The number of amides is 1. The van der Waals surface area contributed by atoms with Crippen molar-refractivity contribution in [2.75, 3.05) is 0 Å². The van der Waals surface area contributed by atoms with Crippen LogP contribution in [0, 0.1) is 0 Å². The first-order valence-corrected chi connectivity index (χ1v) is 4.37. The predicted molar refractivity (Wildman–Crippen MR) is 55.5 cm³/mol. The van der Waals surface area contributed by atoms with Crippen LogP contribution in [0.3, 0.4) is 0 Å². The van der Waals surface area contributed by atoms with Gasteiger partial charge in [-0.1, -0.05) is 0 Å². The summed E-state index contributed by atoms with van der Waals surface area (Å²) in [5, 5.41) is 3.65. The van der Waals surface area contributed by atoms with Gasteiger partial charge in [-0.2, -0.15) is 5.10 Å². The largest absolute Gasteiger partial charge is 0.293 e. The van der Waals surface area contributed by atoms with E-state index in [1.165, 1.54) is 26.2 Å². The number of ketones is 1. The van der Waals surface area contributed by atoms with Crippen molar-refractivity contribution in [2.24, 2.45) is 5.10 Å². The SMILES string of the molecule is CC(=O)C(C)=NNC(=O)c1ccncc1. The van der Waals surface area contributed by atoms with Gasteiger partial charge in [-0.3, -0.25) is 14.6 Å². The first-order valence-electron chi connectivity index (χ1n) is 4.37. The van der Waals surface area contributed by atoms with E-state index < -0.39 is 0 Å². The van der Waals surface area contributed by atoms with Crippen LogP contribution in [0.15, 0.2) is 29.6 Å². The Morgan fingerprint density at radius 3 is 2.40 bits per heavy atom. The maximum atomic E-state index is 11.4. The second kappa shape index (κ2) is 4.99. The van der Waals surface area contributed by atoms with Gasteiger partial charge in [-0.15, -0.1) is 0 Å². The molecule has 1 N–H and O–H groups in total. The molecule has 0 saturated carbocycles. The van der Waals surface area contributed by atoms with Crippen molar-refractivity contribution >= 4 is 17.4 Å². The fourth-order valence-corrected chi connectivity index (χ4v) is 0.781. The molecule has 0 atom stereocenters. The minimum absolute atomic E-state index is 0.176. The average Bonchev–Trinajstić information content (AvgIpc) is 2.26. The molecule has 15 heavy (non-hydrogen) atoms. The Morgan fingerprint density at radius 1 is 1.27 bits per heavy atom. The highest BCUT2D eigenvalue weighted by Gasteiger charge is 2.04. The van der Waals surface area contributed by atoms with E-state index in [-0.39, 0.29) is 17.4 Å². The lowest BCUT2D eigenvalue weighted by molar-refractivity contribution is -0.111. The van der Waals surface area contributed by atoms with E-state index in [1.54, 1.807) is 12.1 Å². The number of carbonyl (C=O) groups is 2. The topological polar surface area (TPSA) is 71.4 Å². The molecule has 0 spiro atoms. The lowest BCUT2D eigenvalue weighted by Crippen LogP contribution is -2.20. The van der Waals surface area contributed by atoms with Gasteiger partial charge >= 0.3 is 0 Å². The minimum atomic E-state index is -0.363. The third-order valence-electron chi connectivity index (χ3n) is 1.78. The van der Waals surface area contributed by atoms with E-state index in [4.69, 9.17) is 0 Å². The molecule has 0 unspecified atom stereocenters. The van der Waals surface area contributed by atoms with Gasteiger partial charge in [0.15, 0.2) is 5.78 Å². The monoisotopic (exact) mass is 205 g/mol. The van der Waals surface area contributed by atoms with Gasteiger partial charge in [0.1, 0.15) is 5.71 Å². The molecule has 1 rings (SSSR count). The lowest BCUT2D eigenvalue weighted by Gasteiger charge is -1.99. The van der Waals surface area contributed by atoms with Crippen LogP contribution in [0.2, 0.25) is 0 Å². The minimum Gasteiger partial charge on any atom is -0.293 e. The number of pyridine rings is 1. The Hall–Kier alpha value is -2.04. The third-order valence-corrected chi connectivity index (χ3v) is 1.78. The molecule has 5 heteroatoms. The third kappa shape index (κ3) is 3.30. The van der Waals surface area contributed by atoms with Gasteiger partial charge < -0.3 is 0 Å². The van der Waals surface area contributed by atoms with E-state index in [9.17, 15) is 9.59 Å². The summed E-state index contributed by atoms with van der Waals surface area (Å²) >= 11 is 0. The number of rotatable bonds is 3. The molecule has 1 aromatic heterocycles. The van der Waals surface area contributed by atoms with Crippen molar-refractivity contribution in [1.29, 1.82) is 0 Å². The number of Topliss-reactive ketones (excluding diaryl/α,β-unsaturated/α-hetero) is 1. The summed E-state index contributed by atoms with van der Waals surface area (Å²) in [4.78, 5) is 26.0. The molecule has 0 radical (unpaired) electrons. The summed E-state index contributed by atoms with van der Waals surface area (Å²) in [6.07, 6.45) is 3.02.